The fourth-order valence-electron chi connectivity index (χ4n) is 2.58. The van der Waals surface area contributed by atoms with Gasteiger partial charge in [0.1, 0.15) is 11.4 Å². The number of nitrogens with zero attached hydrogens (tertiary/aromatic N) is 1. The number of phenolic OH excluding ortho intramolecular Hbond substituents is 1. The molecule has 2 aromatic rings. The van der Waals surface area contributed by atoms with E-state index in [4.69, 9.17) is 23.8 Å². The van der Waals surface area contributed by atoms with Crippen molar-refractivity contribution in [1.82, 2.24) is 5.32 Å². The van der Waals surface area contributed by atoms with Gasteiger partial charge in [-0.1, -0.05) is 36.7 Å². The predicted octanol–water partition coefficient (Wildman–Crippen LogP) is 3.87. The van der Waals surface area contributed by atoms with E-state index in [-0.39, 0.29) is 11.7 Å². The first kappa shape index (κ1) is 16.5. The van der Waals surface area contributed by atoms with Crippen LogP contribution >= 0.6 is 23.8 Å². The quantitative estimate of drug-likeness (QED) is 0.646. The van der Waals surface area contributed by atoms with Crippen molar-refractivity contribution < 1.29 is 9.90 Å². The van der Waals surface area contributed by atoms with Crippen molar-refractivity contribution in [2.24, 2.45) is 0 Å². The van der Waals surface area contributed by atoms with Gasteiger partial charge in [-0.15, -0.1) is 0 Å². The number of hydrogen-bond acceptors (Lipinski definition) is 3. The van der Waals surface area contributed by atoms with Crippen molar-refractivity contribution in [2.75, 3.05) is 4.90 Å². The highest BCUT2D eigenvalue weighted by molar-refractivity contribution is 7.80. The summed E-state index contributed by atoms with van der Waals surface area (Å²) < 4.78 is 0. The van der Waals surface area contributed by atoms with E-state index in [9.17, 15) is 9.90 Å². The molecule has 0 saturated carbocycles. The van der Waals surface area contributed by atoms with Crippen molar-refractivity contribution in [1.29, 1.82) is 0 Å². The molecule has 1 aliphatic rings. The van der Waals surface area contributed by atoms with E-state index in [1.807, 2.05) is 31.2 Å². The summed E-state index contributed by atoms with van der Waals surface area (Å²) in [7, 11) is 0. The number of aryl methyl sites for hydroxylation is 1. The largest absolute Gasteiger partial charge is 0.507 e. The van der Waals surface area contributed by atoms with E-state index in [0.717, 1.165) is 17.7 Å². The zero-order valence-corrected chi connectivity index (χ0v) is 14.5. The van der Waals surface area contributed by atoms with Crippen LogP contribution in [0.2, 0.25) is 5.02 Å². The summed E-state index contributed by atoms with van der Waals surface area (Å²) >= 11 is 11.3. The van der Waals surface area contributed by atoms with E-state index in [1.54, 1.807) is 18.2 Å². The third-order valence-electron chi connectivity index (χ3n) is 3.78. The second kappa shape index (κ2) is 6.63. The van der Waals surface area contributed by atoms with Crippen molar-refractivity contribution in [3.63, 3.8) is 0 Å². The highest BCUT2D eigenvalue weighted by atomic mass is 35.5. The smallest absolute Gasteiger partial charge is 0.281 e. The molecule has 1 aliphatic heterocycles. The van der Waals surface area contributed by atoms with E-state index in [2.05, 4.69) is 5.32 Å². The first-order valence-corrected chi connectivity index (χ1v) is 8.23. The number of rotatable bonds is 3. The molecule has 1 saturated heterocycles. The maximum Gasteiger partial charge on any atom is 0.281 e. The maximum absolute atomic E-state index is 12.8. The van der Waals surface area contributed by atoms with Crippen LogP contribution in [0, 0.1) is 0 Å². The number of anilines is 1. The molecule has 0 unspecified atom stereocenters. The SMILES string of the molecule is CCc1ccccc1N1C(=O)/C(=C\c2cc(Cl)ccc2O)NC1=S. The second-order valence-electron chi connectivity index (χ2n) is 5.31. The fourth-order valence-corrected chi connectivity index (χ4v) is 3.05. The zero-order chi connectivity index (χ0) is 17.3. The lowest BCUT2D eigenvalue weighted by atomic mass is 10.1. The monoisotopic (exact) mass is 358 g/mol. The normalized spacial score (nSPS) is 15.9. The Morgan fingerprint density at radius 3 is 2.79 bits per heavy atom. The van der Waals surface area contributed by atoms with Gasteiger partial charge in [-0.25, -0.2) is 0 Å². The molecule has 0 spiro atoms. The van der Waals surface area contributed by atoms with E-state index in [1.165, 1.54) is 11.0 Å². The second-order valence-corrected chi connectivity index (χ2v) is 6.14. The summed E-state index contributed by atoms with van der Waals surface area (Å²) in [6.07, 6.45) is 2.33. The topological polar surface area (TPSA) is 52.6 Å². The summed E-state index contributed by atoms with van der Waals surface area (Å²) in [4.78, 5) is 14.3. The number of hydrogen-bond donors (Lipinski definition) is 2. The molecular weight excluding hydrogens is 344 g/mol. The molecule has 2 N–H and O–H groups in total. The van der Waals surface area contributed by atoms with Gasteiger partial charge in [0.25, 0.3) is 5.91 Å². The predicted molar refractivity (Wildman–Crippen MR) is 100 cm³/mol. The average Bonchev–Trinajstić information content (AvgIpc) is 2.84. The molecular formula is C18H15ClN2O2S. The van der Waals surface area contributed by atoms with Crippen LogP contribution in [0.1, 0.15) is 18.1 Å². The number of carbonyl (C=O) groups excluding carboxylic acids is 1. The number of para-hydroxylation sites is 1. The molecule has 0 atom stereocenters. The van der Waals surface area contributed by atoms with Gasteiger partial charge in [0, 0.05) is 10.6 Å². The molecule has 6 heteroatoms. The number of amides is 1. The van der Waals surface area contributed by atoms with Gasteiger partial charge in [0.05, 0.1) is 5.69 Å². The van der Waals surface area contributed by atoms with Gasteiger partial charge >= 0.3 is 0 Å². The van der Waals surface area contributed by atoms with Gasteiger partial charge in [0.15, 0.2) is 5.11 Å². The summed E-state index contributed by atoms with van der Waals surface area (Å²) in [5.74, 6) is -0.222. The Balaban J connectivity index is 2.00. The zero-order valence-electron chi connectivity index (χ0n) is 12.9. The van der Waals surface area contributed by atoms with Crippen LogP contribution in [-0.4, -0.2) is 16.1 Å². The molecule has 3 rings (SSSR count). The molecule has 1 heterocycles. The third kappa shape index (κ3) is 3.00. The Morgan fingerprint density at radius 2 is 2.04 bits per heavy atom. The van der Waals surface area contributed by atoms with Crippen LogP contribution in [0.15, 0.2) is 48.2 Å². The number of phenols is 1. The van der Waals surface area contributed by atoms with Crippen LogP contribution in [-0.2, 0) is 11.2 Å². The van der Waals surface area contributed by atoms with E-state index in [0.29, 0.717) is 21.4 Å². The summed E-state index contributed by atoms with van der Waals surface area (Å²) in [6, 6.07) is 12.3. The minimum Gasteiger partial charge on any atom is -0.507 e. The van der Waals surface area contributed by atoms with E-state index < -0.39 is 0 Å². The van der Waals surface area contributed by atoms with Crippen molar-refractivity contribution in [2.45, 2.75) is 13.3 Å². The van der Waals surface area contributed by atoms with Crippen LogP contribution in [0.4, 0.5) is 5.69 Å². The Morgan fingerprint density at radius 1 is 1.29 bits per heavy atom. The standard InChI is InChI=1S/C18H15ClN2O2S/c1-2-11-5-3-4-6-15(11)21-17(23)14(20-18(21)24)10-12-9-13(19)7-8-16(12)22/h3-10,22H,2H2,1H3,(H,20,24)/b14-10+. The van der Waals surface area contributed by atoms with E-state index >= 15 is 0 Å². The number of halogens is 1. The van der Waals surface area contributed by atoms with Crippen LogP contribution < -0.4 is 10.2 Å². The maximum atomic E-state index is 12.8. The first-order valence-electron chi connectivity index (χ1n) is 7.45. The molecule has 2 aromatic carbocycles. The highest BCUT2D eigenvalue weighted by Crippen LogP contribution is 2.28. The summed E-state index contributed by atoms with van der Waals surface area (Å²) in [6.45, 7) is 2.02. The van der Waals surface area contributed by atoms with Crippen molar-refractivity contribution in [3.8, 4) is 5.75 Å². The minimum absolute atomic E-state index is 0.0415. The minimum atomic E-state index is -0.264. The van der Waals surface area contributed by atoms with Crippen LogP contribution in [0.5, 0.6) is 5.75 Å². The number of benzene rings is 2. The van der Waals surface area contributed by atoms with Crippen molar-refractivity contribution in [3.05, 3.63) is 64.3 Å². The Hall–Kier alpha value is -2.37. The third-order valence-corrected chi connectivity index (χ3v) is 4.30. The molecule has 0 radical (unpaired) electrons. The van der Waals surface area contributed by atoms with Gasteiger partial charge in [-0.3, -0.25) is 9.69 Å². The molecule has 122 valence electrons. The molecule has 0 bridgehead atoms. The Bertz CT molecular complexity index is 864. The molecule has 0 aromatic heterocycles. The fraction of sp³-hybridized carbons (Fsp3) is 0.111. The molecule has 0 aliphatic carbocycles. The summed E-state index contributed by atoms with van der Waals surface area (Å²) in [5.41, 5.74) is 2.54. The number of carbonyl (C=O) groups is 1. The summed E-state index contributed by atoms with van der Waals surface area (Å²) in [5, 5.41) is 13.6. The lowest BCUT2D eigenvalue weighted by Gasteiger charge is -2.17. The highest BCUT2D eigenvalue weighted by Gasteiger charge is 2.33. The lowest BCUT2D eigenvalue weighted by Crippen LogP contribution is -2.31. The Kier molecular flexibility index (Phi) is 4.55. The van der Waals surface area contributed by atoms with Gasteiger partial charge < -0.3 is 10.4 Å². The Labute approximate surface area is 150 Å². The van der Waals surface area contributed by atoms with Crippen LogP contribution in [0.25, 0.3) is 6.08 Å². The number of nitrogens with one attached hydrogen (secondary N) is 1. The number of aromatic hydroxyl groups is 1. The average molecular weight is 359 g/mol. The van der Waals surface area contributed by atoms with Gasteiger partial charge in [-0.05, 0) is 54.5 Å². The van der Waals surface area contributed by atoms with Gasteiger partial charge in [-0.2, -0.15) is 0 Å². The molecule has 4 nitrogen and oxygen atoms in total. The number of thiocarbonyl (C=S) groups is 1. The first-order chi connectivity index (χ1) is 11.5. The van der Waals surface area contributed by atoms with Crippen LogP contribution in [0.3, 0.4) is 0 Å². The lowest BCUT2D eigenvalue weighted by molar-refractivity contribution is -0.113. The molecule has 24 heavy (non-hydrogen) atoms. The van der Waals surface area contributed by atoms with Crippen molar-refractivity contribution >= 4 is 46.6 Å². The van der Waals surface area contributed by atoms with Gasteiger partial charge in [0.2, 0.25) is 0 Å². The molecule has 1 amide bonds. The molecule has 1 fully saturated rings.